The molecule has 0 atom stereocenters. The maximum Gasteiger partial charge on any atom is 0.256 e. The quantitative estimate of drug-likeness (QED) is 0.551. The van der Waals surface area contributed by atoms with E-state index in [9.17, 15) is 14.4 Å². The van der Waals surface area contributed by atoms with E-state index in [1.807, 2.05) is 30.3 Å². The summed E-state index contributed by atoms with van der Waals surface area (Å²) in [4.78, 5) is 41.1. The number of ketones is 2. The fourth-order valence-electron chi connectivity index (χ4n) is 3.61. The molecule has 3 rings (SSSR count). The molecule has 0 aliphatic heterocycles. The Morgan fingerprint density at radius 2 is 1.65 bits per heavy atom. The fourth-order valence-corrected chi connectivity index (χ4v) is 3.61. The van der Waals surface area contributed by atoms with Gasteiger partial charge in [0.05, 0.1) is 18.3 Å². The molecule has 6 nitrogen and oxygen atoms in total. The lowest BCUT2D eigenvalue weighted by atomic mass is 9.92. The number of hydrogen-bond donors (Lipinski definition) is 1. The molecule has 3 aromatic rings. The number of benzene rings is 2. The monoisotopic (exact) mass is 418 g/mol. The summed E-state index contributed by atoms with van der Waals surface area (Å²) in [6, 6.07) is 13.0. The molecule has 0 bridgehead atoms. The maximum absolute atomic E-state index is 13.5. The largest absolute Gasteiger partial charge is 0.496 e. The third kappa shape index (κ3) is 5.34. The first kappa shape index (κ1) is 22.2. The Labute approximate surface area is 181 Å². The van der Waals surface area contributed by atoms with E-state index >= 15 is 0 Å². The first-order chi connectivity index (χ1) is 14.9. The summed E-state index contributed by atoms with van der Waals surface area (Å²) >= 11 is 0. The molecule has 160 valence electrons. The summed E-state index contributed by atoms with van der Waals surface area (Å²) in [5.74, 6) is 0.315. The van der Waals surface area contributed by atoms with Crippen LogP contribution in [-0.4, -0.2) is 29.6 Å². The minimum absolute atomic E-state index is 0.0285. The van der Waals surface area contributed by atoms with Crippen LogP contribution in [0.3, 0.4) is 0 Å². The molecule has 0 radical (unpaired) electrons. The zero-order chi connectivity index (χ0) is 22.4. The van der Waals surface area contributed by atoms with Crippen LogP contribution in [-0.2, 0) is 22.4 Å². The molecule has 0 saturated heterocycles. The second-order valence-corrected chi connectivity index (χ2v) is 7.52. The molecule has 1 N–H and O–H groups in total. The van der Waals surface area contributed by atoms with Gasteiger partial charge >= 0.3 is 0 Å². The zero-order valence-electron chi connectivity index (χ0n) is 18.0. The van der Waals surface area contributed by atoms with Gasteiger partial charge in [0.2, 0.25) is 0 Å². The number of hydrogen-bond acceptors (Lipinski definition) is 5. The molecule has 0 fully saturated rings. The number of aryl methyl sites for hydroxylation is 1. The summed E-state index contributed by atoms with van der Waals surface area (Å²) in [7, 11) is 1.54. The predicted molar refractivity (Wildman–Crippen MR) is 121 cm³/mol. The van der Waals surface area contributed by atoms with Crippen LogP contribution < -0.4 is 10.1 Å². The van der Waals surface area contributed by atoms with Crippen molar-refractivity contribution in [2.45, 2.75) is 39.5 Å². The topological polar surface area (TPSA) is 85.4 Å². The molecule has 1 heterocycles. The summed E-state index contributed by atoms with van der Waals surface area (Å²) in [6.07, 6.45) is 3.11. The highest BCUT2D eigenvalue weighted by atomic mass is 16.5. The number of Topliss-reactive ketones (excluding diaryl/α,β-unsaturated/α-hetero) is 2. The standard InChI is InChI=1S/C25H26N2O4/c1-16(28)9-11-18-12-14-22(31-3)20(13-10-17(2)29)23(18)25(30)27-21-8-4-6-19-7-5-15-26-24(19)21/h4-8,12,14-15H,9-11,13H2,1-3H3,(H,27,30). The van der Waals surface area contributed by atoms with Crippen LogP contribution in [0.25, 0.3) is 10.9 Å². The van der Waals surface area contributed by atoms with E-state index in [2.05, 4.69) is 10.3 Å². The number of rotatable bonds is 9. The highest BCUT2D eigenvalue weighted by Gasteiger charge is 2.22. The second kappa shape index (κ2) is 9.98. The highest BCUT2D eigenvalue weighted by molar-refractivity contribution is 6.10. The number of para-hydroxylation sites is 1. The molecule has 0 aliphatic carbocycles. The van der Waals surface area contributed by atoms with Crippen LogP contribution in [0.4, 0.5) is 5.69 Å². The lowest BCUT2D eigenvalue weighted by Crippen LogP contribution is -2.19. The van der Waals surface area contributed by atoms with Crippen molar-refractivity contribution in [2.75, 3.05) is 12.4 Å². The van der Waals surface area contributed by atoms with Gasteiger partial charge < -0.3 is 19.6 Å². The van der Waals surface area contributed by atoms with Gasteiger partial charge in [-0.3, -0.25) is 9.78 Å². The third-order valence-electron chi connectivity index (χ3n) is 5.16. The first-order valence-electron chi connectivity index (χ1n) is 10.2. The number of amides is 1. The van der Waals surface area contributed by atoms with Crippen molar-refractivity contribution in [3.05, 3.63) is 65.4 Å². The van der Waals surface area contributed by atoms with Crippen molar-refractivity contribution in [1.82, 2.24) is 4.98 Å². The summed E-state index contributed by atoms with van der Waals surface area (Å²) in [5, 5.41) is 3.90. The van der Waals surface area contributed by atoms with Crippen molar-refractivity contribution >= 4 is 34.1 Å². The molecule has 0 aliphatic rings. The lowest BCUT2D eigenvalue weighted by Gasteiger charge is -2.18. The minimum Gasteiger partial charge on any atom is -0.496 e. The average molecular weight is 418 g/mol. The Morgan fingerprint density at radius 1 is 0.935 bits per heavy atom. The maximum atomic E-state index is 13.5. The molecular weight excluding hydrogens is 392 g/mol. The molecule has 0 spiro atoms. The Kier molecular flexibility index (Phi) is 7.13. The van der Waals surface area contributed by atoms with Gasteiger partial charge in [-0.2, -0.15) is 0 Å². The van der Waals surface area contributed by atoms with E-state index in [-0.39, 0.29) is 17.5 Å². The van der Waals surface area contributed by atoms with Gasteiger partial charge in [0.1, 0.15) is 17.3 Å². The summed E-state index contributed by atoms with van der Waals surface area (Å²) in [6.45, 7) is 3.05. The third-order valence-corrected chi connectivity index (χ3v) is 5.16. The van der Waals surface area contributed by atoms with Crippen LogP contribution in [0.1, 0.15) is 48.2 Å². The molecule has 2 aromatic carbocycles. The van der Waals surface area contributed by atoms with Gasteiger partial charge in [-0.25, -0.2) is 0 Å². The average Bonchev–Trinajstić information content (AvgIpc) is 2.75. The van der Waals surface area contributed by atoms with Crippen molar-refractivity contribution in [1.29, 1.82) is 0 Å². The number of carbonyl (C=O) groups is 3. The summed E-state index contributed by atoms with van der Waals surface area (Å²) in [5.41, 5.74) is 3.16. The van der Waals surface area contributed by atoms with Crippen LogP contribution >= 0.6 is 0 Å². The number of aromatic nitrogens is 1. The van der Waals surface area contributed by atoms with Crippen molar-refractivity contribution in [2.24, 2.45) is 0 Å². The van der Waals surface area contributed by atoms with Gasteiger partial charge in [0.15, 0.2) is 0 Å². The Balaban J connectivity index is 2.07. The van der Waals surface area contributed by atoms with Crippen molar-refractivity contribution in [3.8, 4) is 5.75 Å². The van der Waals surface area contributed by atoms with Gasteiger partial charge in [0.25, 0.3) is 5.91 Å². The van der Waals surface area contributed by atoms with E-state index in [1.54, 1.807) is 18.3 Å². The van der Waals surface area contributed by atoms with Crippen LogP contribution in [0.5, 0.6) is 5.75 Å². The molecule has 6 heteroatoms. The van der Waals surface area contributed by atoms with E-state index in [1.165, 1.54) is 21.0 Å². The molecule has 1 amide bonds. The number of ether oxygens (including phenoxy) is 1. The number of methoxy groups -OCH3 is 1. The fraction of sp³-hybridized carbons (Fsp3) is 0.280. The highest BCUT2D eigenvalue weighted by Crippen LogP contribution is 2.30. The Morgan fingerprint density at radius 3 is 2.35 bits per heavy atom. The Hall–Kier alpha value is -3.54. The minimum atomic E-state index is -0.311. The number of pyridine rings is 1. The number of nitrogens with one attached hydrogen (secondary N) is 1. The van der Waals surface area contributed by atoms with Gasteiger partial charge in [-0.1, -0.05) is 24.3 Å². The normalized spacial score (nSPS) is 10.7. The number of carbonyl (C=O) groups excluding carboxylic acids is 3. The van der Waals surface area contributed by atoms with Gasteiger partial charge in [-0.05, 0) is 50.5 Å². The smallest absolute Gasteiger partial charge is 0.256 e. The summed E-state index contributed by atoms with van der Waals surface area (Å²) < 4.78 is 5.50. The number of fused-ring (bicyclic) bond motifs is 1. The van der Waals surface area contributed by atoms with Gasteiger partial charge in [0, 0.05) is 35.6 Å². The van der Waals surface area contributed by atoms with E-state index in [0.29, 0.717) is 53.8 Å². The van der Waals surface area contributed by atoms with Gasteiger partial charge in [-0.15, -0.1) is 0 Å². The molecule has 1 aromatic heterocycles. The van der Waals surface area contributed by atoms with Crippen LogP contribution in [0.15, 0.2) is 48.7 Å². The number of nitrogens with zero attached hydrogens (tertiary/aromatic N) is 1. The SMILES string of the molecule is COc1ccc(CCC(C)=O)c(C(=O)Nc2cccc3cccnc23)c1CCC(C)=O. The second-order valence-electron chi connectivity index (χ2n) is 7.52. The molecule has 0 saturated carbocycles. The van der Waals surface area contributed by atoms with E-state index in [0.717, 1.165) is 10.9 Å². The predicted octanol–water partition coefficient (Wildman–Crippen LogP) is 4.54. The Bertz CT molecular complexity index is 1130. The van der Waals surface area contributed by atoms with Crippen LogP contribution in [0, 0.1) is 0 Å². The van der Waals surface area contributed by atoms with E-state index in [4.69, 9.17) is 4.74 Å². The first-order valence-corrected chi connectivity index (χ1v) is 10.2. The molecule has 31 heavy (non-hydrogen) atoms. The van der Waals surface area contributed by atoms with E-state index < -0.39 is 0 Å². The molecule has 0 unspecified atom stereocenters. The zero-order valence-corrected chi connectivity index (χ0v) is 18.0. The van der Waals surface area contributed by atoms with Crippen LogP contribution in [0.2, 0.25) is 0 Å². The lowest BCUT2D eigenvalue weighted by molar-refractivity contribution is -0.117. The molecular formula is C25H26N2O4. The van der Waals surface area contributed by atoms with Crippen molar-refractivity contribution < 1.29 is 19.1 Å². The van der Waals surface area contributed by atoms with Crippen molar-refractivity contribution in [3.63, 3.8) is 0 Å². The number of anilines is 1.